The minimum absolute atomic E-state index is 0. The molecule has 23 heavy (non-hydrogen) atoms. The van der Waals surface area contributed by atoms with Crippen molar-refractivity contribution in [1.29, 1.82) is 0 Å². The zero-order chi connectivity index (χ0) is 15.5. The molecule has 2 amide bonds. The average Bonchev–Trinajstić information content (AvgIpc) is 3.00. The molecule has 1 aromatic carbocycles. The standard InChI is InChI=1S/C17H23N3O2.ClH/c1-18-14-8-11-19(12-9-14)17(22)13-4-6-15(7-5-13)20-10-2-3-16(20)21;/h4-7,14,18H,2-3,8-12H2,1H3;1H. The summed E-state index contributed by atoms with van der Waals surface area (Å²) in [6.07, 6.45) is 3.55. The van der Waals surface area contributed by atoms with Gasteiger partial charge in [0.1, 0.15) is 0 Å². The van der Waals surface area contributed by atoms with Gasteiger partial charge in [0.2, 0.25) is 5.91 Å². The van der Waals surface area contributed by atoms with Gasteiger partial charge in [-0.3, -0.25) is 9.59 Å². The summed E-state index contributed by atoms with van der Waals surface area (Å²) in [6.45, 7) is 2.39. The Bertz CT molecular complexity index is 553. The lowest BCUT2D eigenvalue weighted by molar-refractivity contribution is -0.117. The van der Waals surface area contributed by atoms with Gasteiger partial charge >= 0.3 is 0 Å². The van der Waals surface area contributed by atoms with Crippen molar-refractivity contribution in [3.63, 3.8) is 0 Å². The van der Waals surface area contributed by atoms with Gasteiger partial charge in [-0.15, -0.1) is 12.4 Å². The molecule has 0 spiro atoms. The molecule has 2 aliphatic heterocycles. The fraction of sp³-hybridized carbons (Fsp3) is 0.529. The van der Waals surface area contributed by atoms with Gasteiger partial charge in [0, 0.05) is 43.3 Å². The summed E-state index contributed by atoms with van der Waals surface area (Å²) in [5, 5.41) is 3.27. The molecular formula is C17H24ClN3O2. The van der Waals surface area contributed by atoms with Crippen molar-refractivity contribution in [3.05, 3.63) is 29.8 Å². The molecule has 5 nitrogen and oxygen atoms in total. The zero-order valence-corrected chi connectivity index (χ0v) is 14.3. The van der Waals surface area contributed by atoms with Crippen LogP contribution in [0.5, 0.6) is 0 Å². The van der Waals surface area contributed by atoms with E-state index in [0.29, 0.717) is 18.0 Å². The number of carbonyl (C=O) groups excluding carboxylic acids is 2. The highest BCUT2D eigenvalue weighted by molar-refractivity contribution is 5.97. The first kappa shape index (κ1) is 17.8. The highest BCUT2D eigenvalue weighted by Gasteiger charge is 2.24. The van der Waals surface area contributed by atoms with Crippen LogP contribution in [0.25, 0.3) is 0 Å². The highest BCUT2D eigenvalue weighted by Crippen LogP contribution is 2.22. The van der Waals surface area contributed by atoms with Crippen molar-refractivity contribution in [2.45, 2.75) is 31.7 Å². The molecule has 0 aliphatic carbocycles. The number of carbonyl (C=O) groups is 2. The van der Waals surface area contributed by atoms with Crippen LogP contribution in [-0.4, -0.2) is 49.4 Å². The Morgan fingerprint density at radius 3 is 2.30 bits per heavy atom. The van der Waals surface area contributed by atoms with Crippen molar-refractivity contribution < 1.29 is 9.59 Å². The molecule has 0 saturated carbocycles. The number of piperidine rings is 1. The average molecular weight is 338 g/mol. The van der Waals surface area contributed by atoms with Gasteiger partial charge in [-0.1, -0.05) is 0 Å². The van der Waals surface area contributed by atoms with Crippen LogP contribution in [0.1, 0.15) is 36.0 Å². The lowest BCUT2D eigenvalue weighted by atomic mass is 10.0. The van der Waals surface area contributed by atoms with E-state index < -0.39 is 0 Å². The molecule has 0 bridgehead atoms. The molecule has 0 unspecified atom stereocenters. The van der Waals surface area contributed by atoms with E-state index in [4.69, 9.17) is 0 Å². The smallest absolute Gasteiger partial charge is 0.253 e. The van der Waals surface area contributed by atoms with Crippen molar-refractivity contribution in [2.75, 3.05) is 31.6 Å². The molecule has 0 atom stereocenters. The number of halogens is 1. The number of hydrogen-bond donors (Lipinski definition) is 1. The lowest BCUT2D eigenvalue weighted by Gasteiger charge is -2.32. The van der Waals surface area contributed by atoms with Gasteiger partial charge in [-0.05, 0) is 50.6 Å². The molecule has 2 fully saturated rings. The first-order valence-corrected chi connectivity index (χ1v) is 8.06. The second-order valence-electron chi connectivity index (χ2n) is 6.05. The fourth-order valence-corrected chi connectivity index (χ4v) is 3.26. The Morgan fingerprint density at radius 2 is 1.78 bits per heavy atom. The maximum atomic E-state index is 12.5. The molecule has 1 aromatic rings. The molecule has 3 rings (SSSR count). The van der Waals surface area contributed by atoms with E-state index in [-0.39, 0.29) is 24.2 Å². The molecule has 6 heteroatoms. The van der Waals surface area contributed by atoms with Crippen LogP contribution in [0, 0.1) is 0 Å². The van der Waals surface area contributed by atoms with E-state index in [1.165, 1.54) is 0 Å². The van der Waals surface area contributed by atoms with E-state index >= 15 is 0 Å². The number of anilines is 1. The summed E-state index contributed by atoms with van der Waals surface area (Å²) in [7, 11) is 1.97. The number of benzene rings is 1. The normalized spacial score (nSPS) is 18.9. The summed E-state index contributed by atoms with van der Waals surface area (Å²) in [5.41, 5.74) is 1.60. The first-order chi connectivity index (χ1) is 10.7. The second kappa shape index (κ2) is 7.79. The predicted molar refractivity (Wildman–Crippen MR) is 93.3 cm³/mol. The van der Waals surface area contributed by atoms with Gasteiger partial charge in [0.05, 0.1) is 0 Å². The summed E-state index contributed by atoms with van der Waals surface area (Å²) in [5.74, 6) is 0.266. The molecule has 126 valence electrons. The summed E-state index contributed by atoms with van der Waals surface area (Å²) in [6, 6.07) is 7.97. The third-order valence-corrected chi connectivity index (χ3v) is 4.69. The molecule has 0 aromatic heterocycles. The summed E-state index contributed by atoms with van der Waals surface area (Å²) >= 11 is 0. The van der Waals surface area contributed by atoms with Gasteiger partial charge in [-0.25, -0.2) is 0 Å². The molecule has 2 saturated heterocycles. The van der Waals surface area contributed by atoms with Crippen molar-refractivity contribution in [2.24, 2.45) is 0 Å². The van der Waals surface area contributed by atoms with Crippen LogP contribution in [0.2, 0.25) is 0 Å². The molecule has 2 aliphatic rings. The number of nitrogens with one attached hydrogen (secondary N) is 1. The molecule has 1 N–H and O–H groups in total. The molecule has 0 radical (unpaired) electrons. The minimum atomic E-state index is 0. The third kappa shape index (κ3) is 3.85. The zero-order valence-electron chi connectivity index (χ0n) is 13.5. The number of nitrogens with zero attached hydrogens (tertiary/aromatic N) is 2. The van der Waals surface area contributed by atoms with Crippen LogP contribution in [0.15, 0.2) is 24.3 Å². The Morgan fingerprint density at radius 1 is 1.13 bits per heavy atom. The first-order valence-electron chi connectivity index (χ1n) is 8.06. The quantitative estimate of drug-likeness (QED) is 0.918. The minimum Gasteiger partial charge on any atom is -0.339 e. The molecule has 2 heterocycles. The Labute approximate surface area is 143 Å². The second-order valence-corrected chi connectivity index (χ2v) is 6.05. The van der Waals surface area contributed by atoms with Gasteiger partial charge in [0.25, 0.3) is 5.91 Å². The summed E-state index contributed by atoms with van der Waals surface area (Å²) < 4.78 is 0. The SMILES string of the molecule is CNC1CCN(C(=O)c2ccc(N3CCCC3=O)cc2)CC1.Cl. The Balaban J connectivity index is 0.00000192. The van der Waals surface area contributed by atoms with Gasteiger partial charge in [0.15, 0.2) is 0 Å². The van der Waals surface area contributed by atoms with Crippen molar-refractivity contribution >= 4 is 29.9 Å². The van der Waals surface area contributed by atoms with E-state index in [0.717, 1.165) is 44.6 Å². The van der Waals surface area contributed by atoms with Crippen LogP contribution >= 0.6 is 12.4 Å². The Hall–Kier alpha value is -1.59. The maximum Gasteiger partial charge on any atom is 0.253 e. The number of rotatable bonds is 3. The highest BCUT2D eigenvalue weighted by atomic mass is 35.5. The van der Waals surface area contributed by atoms with E-state index in [2.05, 4.69) is 5.32 Å². The third-order valence-electron chi connectivity index (χ3n) is 4.69. The van der Waals surface area contributed by atoms with Crippen LogP contribution in [0.3, 0.4) is 0 Å². The predicted octanol–water partition coefficient (Wildman–Crippen LogP) is 2.06. The van der Waals surface area contributed by atoms with E-state index in [1.54, 1.807) is 4.90 Å². The van der Waals surface area contributed by atoms with Gasteiger partial charge < -0.3 is 15.1 Å². The van der Waals surface area contributed by atoms with Crippen LogP contribution < -0.4 is 10.2 Å². The van der Waals surface area contributed by atoms with Crippen molar-refractivity contribution in [1.82, 2.24) is 10.2 Å². The number of amides is 2. The van der Waals surface area contributed by atoms with Gasteiger partial charge in [-0.2, -0.15) is 0 Å². The lowest BCUT2D eigenvalue weighted by Crippen LogP contribution is -2.43. The number of hydrogen-bond acceptors (Lipinski definition) is 3. The van der Waals surface area contributed by atoms with E-state index in [9.17, 15) is 9.59 Å². The molecular weight excluding hydrogens is 314 g/mol. The Kier molecular flexibility index (Phi) is 6.02. The summed E-state index contributed by atoms with van der Waals surface area (Å²) in [4.78, 5) is 28.0. The van der Waals surface area contributed by atoms with Crippen LogP contribution in [0.4, 0.5) is 5.69 Å². The topological polar surface area (TPSA) is 52.7 Å². The maximum absolute atomic E-state index is 12.5. The fourth-order valence-electron chi connectivity index (χ4n) is 3.26. The largest absolute Gasteiger partial charge is 0.339 e. The van der Waals surface area contributed by atoms with Crippen molar-refractivity contribution in [3.8, 4) is 0 Å². The van der Waals surface area contributed by atoms with Crippen LogP contribution in [-0.2, 0) is 4.79 Å². The number of likely N-dealkylation sites (tertiary alicyclic amines) is 1. The van der Waals surface area contributed by atoms with E-state index in [1.807, 2.05) is 36.2 Å². The monoisotopic (exact) mass is 337 g/mol.